The Morgan fingerprint density at radius 1 is 1.22 bits per heavy atom. The Kier molecular flexibility index (Phi) is 5.35. The lowest BCUT2D eigenvalue weighted by atomic mass is 10.0. The van der Waals surface area contributed by atoms with Crippen LogP contribution in [0.3, 0.4) is 0 Å². The number of hydrogen-bond acceptors (Lipinski definition) is 0. The molecule has 0 aliphatic heterocycles. The molecule has 0 heterocycles. The van der Waals surface area contributed by atoms with Gasteiger partial charge in [-0.05, 0) is 18.1 Å². The molecule has 1 unspecified atom stereocenters. The number of benzene rings is 1. The van der Waals surface area contributed by atoms with Crippen molar-refractivity contribution in [2.45, 2.75) is 48.9 Å². The van der Waals surface area contributed by atoms with Gasteiger partial charge >= 0.3 is 0 Å². The van der Waals surface area contributed by atoms with Crippen LogP contribution in [0.15, 0.2) is 24.3 Å². The Hall–Kier alpha value is 0.0269. The fraction of sp³-hybridized carbons (Fsp3) is 0.571. The third-order valence-corrected chi connectivity index (χ3v) is 11.3. The average molecular weight is 382 g/mol. The Bertz CT molecular complexity index is 399. The van der Waals surface area contributed by atoms with Crippen LogP contribution in [0.25, 0.3) is 0 Å². The van der Waals surface area contributed by atoms with Crippen molar-refractivity contribution in [3.63, 3.8) is 0 Å². The first-order chi connectivity index (χ1) is 8.12. The Balaban J connectivity index is 2.74. The van der Waals surface area contributed by atoms with Gasteiger partial charge in [-0.15, -0.1) is 0 Å². The number of rotatable bonds is 5. The van der Waals surface area contributed by atoms with Crippen molar-refractivity contribution in [1.29, 1.82) is 0 Å². The molecule has 0 radical (unpaired) electrons. The second-order valence-corrected chi connectivity index (χ2v) is 14.1. The molecule has 0 spiro atoms. The van der Waals surface area contributed by atoms with Crippen molar-refractivity contribution < 1.29 is 8.78 Å². The molecular formula is C14H21F2ISi. The highest BCUT2D eigenvalue weighted by molar-refractivity contribution is 14.1. The van der Waals surface area contributed by atoms with Gasteiger partial charge in [0.2, 0.25) is 0 Å². The predicted octanol–water partition coefficient (Wildman–Crippen LogP) is 5.24. The Morgan fingerprint density at radius 2 is 1.78 bits per heavy atom. The summed E-state index contributed by atoms with van der Waals surface area (Å²) < 4.78 is 28.3. The largest absolute Gasteiger partial charge is 0.252 e. The molecule has 0 aromatic heterocycles. The molecule has 0 aliphatic rings. The van der Waals surface area contributed by atoms with Gasteiger partial charge in [0.15, 0.2) is 0 Å². The van der Waals surface area contributed by atoms with E-state index in [9.17, 15) is 8.78 Å². The van der Waals surface area contributed by atoms with E-state index < -0.39 is 14.0 Å². The molecule has 0 saturated carbocycles. The van der Waals surface area contributed by atoms with E-state index in [1.165, 1.54) is 0 Å². The molecule has 102 valence electrons. The number of alkyl halides is 3. The summed E-state index contributed by atoms with van der Waals surface area (Å²) in [5.41, 5.74) is 1.72. The quantitative estimate of drug-likeness (QED) is 0.371. The van der Waals surface area contributed by atoms with E-state index in [2.05, 4.69) is 42.2 Å². The van der Waals surface area contributed by atoms with Gasteiger partial charge in [-0.2, -0.15) is 0 Å². The molecule has 0 N–H and O–H groups in total. The van der Waals surface area contributed by atoms with Gasteiger partial charge in [0.1, 0.15) is 0 Å². The van der Waals surface area contributed by atoms with Gasteiger partial charge in [0.05, 0.1) is 8.07 Å². The molecule has 0 fully saturated rings. The fourth-order valence-corrected chi connectivity index (χ4v) is 3.28. The van der Waals surface area contributed by atoms with Crippen molar-refractivity contribution in [3.8, 4) is 0 Å². The third kappa shape index (κ3) is 4.95. The summed E-state index contributed by atoms with van der Waals surface area (Å²) in [6, 6.07) is 7.42. The van der Waals surface area contributed by atoms with Crippen molar-refractivity contribution in [3.05, 3.63) is 35.4 Å². The van der Waals surface area contributed by atoms with Crippen LogP contribution in [-0.2, 0) is 6.42 Å². The summed E-state index contributed by atoms with van der Waals surface area (Å²) in [7, 11) is -1.49. The molecule has 4 heteroatoms. The van der Waals surface area contributed by atoms with Crippen LogP contribution in [0.1, 0.15) is 17.5 Å². The van der Waals surface area contributed by atoms with Crippen LogP contribution in [0.2, 0.25) is 19.6 Å². The van der Waals surface area contributed by atoms with Gasteiger partial charge < -0.3 is 0 Å². The molecule has 0 bridgehead atoms. The van der Waals surface area contributed by atoms with Crippen molar-refractivity contribution in [2.75, 3.05) is 0 Å². The SMILES string of the molecule is Cc1ccccc1CC(F)(F)CC(I)[Si](C)(C)C. The molecule has 1 aromatic carbocycles. The summed E-state index contributed by atoms with van der Waals surface area (Å²) in [5.74, 6) is -2.60. The molecule has 18 heavy (non-hydrogen) atoms. The Morgan fingerprint density at radius 3 is 2.28 bits per heavy atom. The van der Waals surface area contributed by atoms with E-state index in [0.717, 1.165) is 11.1 Å². The first-order valence-electron chi connectivity index (χ1n) is 6.18. The molecule has 0 aliphatic carbocycles. The lowest BCUT2D eigenvalue weighted by Crippen LogP contribution is -2.38. The van der Waals surface area contributed by atoms with E-state index in [1.807, 2.05) is 25.1 Å². The van der Waals surface area contributed by atoms with Gasteiger partial charge in [-0.3, -0.25) is 0 Å². The second kappa shape index (κ2) is 5.99. The summed E-state index contributed by atoms with van der Waals surface area (Å²) in [5, 5.41) is 0. The highest BCUT2D eigenvalue weighted by Gasteiger charge is 2.37. The zero-order chi connectivity index (χ0) is 14.0. The summed E-state index contributed by atoms with van der Waals surface area (Å²) in [4.78, 5) is 0. The van der Waals surface area contributed by atoms with Crippen molar-refractivity contribution in [2.24, 2.45) is 0 Å². The molecule has 0 nitrogen and oxygen atoms in total. The summed E-state index contributed by atoms with van der Waals surface area (Å²) in [6.45, 7) is 8.33. The maximum Gasteiger partial charge on any atom is 0.252 e. The molecule has 0 amide bonds. The minimum absolute atomic E-state index is 0.00236. The van der Waals surface area contributed by atoms with Crippen LogP contribution < -0.4 is 0 Å². The van der Waals surface area contributed by atoms with Gasteiger partial charge in [0, 0.05) is 16.4 Å². The van der Waals surface area contributed by atoms with Crippen molar-refractivity contribution in [1.82, 2.24) is 0 Å². The maximum atomic E-state index is 14.1. The monoisotopic (exact) mass is 382 g/mol. The van der Waals surface area contributed by atoms with Crippen LogP contribution in [-0.4, -0.2) is 17.5 Å². The number of hydrogen-bond donors (Lipinski definition) is 0. The fourth-order valence-electron chi connectivity index (χ4n) is 1.73. The van der Waals surface area contributed by atoms with Crippen LogP contribution in [0, 0.1) is 6.92 Å². The van der Waals surface area contributed by atoms with Gasteiger partial charge in [-0.25, -0.2) is 8.78 Å². The van der Waals surface area contributed by atoms with E-state index in [1.54, 1.807) is 6.07 Å². The van der Waals surface area contributed by atoms with E-state index in [4.69, 9.17) is 0 Å². The summed E-state index contributed by atoms with van der Waals surface area (Å²) >= 11 is 2.21. The predicted molar refractivity (Wildman–Crippen MR) is 85.6 cm³/mol. The van der Waals surface area contributed by atoms with Crippen molar-refractivity contribution >= 4 is 30.7 Å². The topological polar surface area (TPSA) is 0 Å². The second-order valence-electron chi connectivity index (χ2n) is 6.00. The highest BCUT2D eigenvalue weighted by atomic mass is 127. The normalized spacial score (nSPS) is 14.6. The van der Waals surface area contributed by atoms with Crippen LogP contribution >= 0.6 is 22.6 Å². The zero-order valence-electron chi connectivity index (χ0n) is 11.4. The first kappa shape index (κ1) is 16.1. The van der Waals surface area contributed by atoms with E-state index in [0.29, 0.717) is 0 Å². The minimum Gasteiger partial charge on any atom is -0.206 e. The number of halogens is 3. The molecule has 0 saturated heterocycles. The first-order valence-corrected chi connectivity index (χ1v) is 11.0. The zero-order valence-corrected chi connectivity index (χ0v) is 14.6. The summed E-state index contributed by atoms with van der Waals surface area (Å²) in [6.07, 6.45) is -0.138. The molecular weight excluding hydrogens is 361 g/mol. The average Bonchev–Trinajstić information content (AvgIpc) is 2.19. The lowest BCUT2D eigenvalue weighted by molar-refractivity contribution is -0.00301. The maximum absolute atomic E-state index is 14.1. The smallest absolute Gasteiger partial charge is 0.206 e. The van der Waals surface area contributed by atoms with Gasteiger partial charge in [-0.1, -0.05) is 66.5 Å². The van der Waals surface area contributed by atoms with Gasteiger partial charge in [0.25, 0.3) is 5.92 Å². The highest BCUT2D eigenvalue weighted by Crippen LogP contribution is 2.32. The third-order valence-electron chi connectivity index (χ3n) is 3.13. The molecule has 1 rings (SSSR count). The van der Waals surface area contributed by atoms with E-state index in [-0.39, 0.29) is 16.4 Å². The molecule has 1 aromatic rings. The minimum atomic E-state index is -2.60. The molecule has 1 atom stereocenters. The standard InChI is InChI=1S/C14H21F2ISi/c1-11-7-5-6-8-12(11)9-14(15,16)10-13(17)18(2,3)4/h5-8,13H,9-10H2,1-4H3. The van der Waals surface area contributed by atoms with Crippen LogP contribution in [0.5, 0.6) is 0 Å². The number of aryl methyl sites for hydroxylation is 1. The lowest BCUT2D eigenvalue weighted by Gasteiger charge is -2.28. The van der Waals surface area contributed by atoms with Crippen LogP contribution in [0.4, 0.5) is 8.78 Å². The van der Waals surface area contributed by atoms with E-state index >= 15 is 0 Å². The Labute approximate surface area is 123 Å².